The van der Waals surface area contributed by atoms with Crippen molar-refractivity contribution in [2.75, 3.05) is 25.6 Å². The van der Waals surface area contributed by atoms with Crippen LogP contribution in [0.15, 0.2) is 47.5 Å². The summed E-state index contributed by atoms with van der Waals surface area (Å²) in [5, 5.41) is 3.58. The number of para-hydroxylation sites is 1. The zero-order valence-corrected chi connectivity index (χ0v) is 17.0. The molecule has 2 aromatic rings. The second kappa shape index (κ2) is 9.15. The molecule has 3 rings (SSSR count). The summed E-state index contributed by atoms with van der Waals surface area (Å²) in [5.41, 5.74) is 7.96. The van der Waals surface area contributed by atoms with Gasteiger partial charge in [0.1, 0.15) is 11.5 Å². The van der Waals surface area contributed by atoms with E-state index in [9.17, 15) is 0 Å². The van der Waals surface area contributed by atoms with Gasteiger partial charge in [-0.2, -0.15) is 0 Å². The minimum atomic E-state index is 0. The molecule has 2 aromatic carbocycles. The number of benzene rings is 2. The molecule has 1 unspecified atom stereocenters. The number of fused-ring (bicyclic) bond motifs is 1. The number of anilines is 1. The Morgan fingerprint density at radius 1 is 1.36 bits per heavy atom. The predicted octanol–water partition coefficient (Wildman–Crippen LogP) is 4.26. The number of nitrogens with two attached hydrogens (primary N) is 1. The van der Waals surface area contributed by atoms with Crippen LogP contribution in [0, 0.1) is 0 Å². The van der Waals surface area contributed by atoms with Crippen molar-refractivity contribution in [2.45, 2.75) is 12.3 Å². The second-order valence-electron chi connectivity index (χ2n) is 5.57. The average molecular weight is 474 g/mol. The number of ether oxygens (including phenoxy) is 2. The van der Waals surface area contributed by atoms with Gasteiger partial charge in [-0.05, 0) is 36.2 Å². The highest BCUT2D eigenvalue weighted by Gasteiger charge is 2.20. The third kappa shape index (κ3) is 4.92. The number of guanidine groups is 1. The summed E-state index contributed by atoms with van der Waals surface area (Å²) < 4.78 is 10.8. The smallest absolute Gasteiger partial charge is 0.193 e. The Morgan fingerprint density at radius 3 is 2.92 bits per heavy atom. The van der Waals surface area contributed by atoms with Crippen molar-refractivity contribution in [3.05, 3.63) is 53.1 Å². The molecule has 0 aliphatic carbocycles. The van der Waals surface area contributed by atoms with E-state index in [1.165, 1.54) is 5.56 Å². The van der Waals surface area contributed by atoms with Gasteiger partial charge in [0, 0.05) is 18.2 Å². The lowest BCUT2D eigenvalue weighted by Crippen LogP contribution is -2.24. The first-order valence-corrected chi connectivity index (χ1v) is 8.17. The summed E-state index contributed by atoms with van der Waals surface area (Å²) in [6.45, 7) is 1.32. The van der Waals surface area contributed by atoms with E-state index >= 15 is 0 Å². The summed E-state index contributed by atoms with van der Waals surface area (Å²) >= 11 is 6.11. The van der Waals surface area contributed by atoms with Crippen LogP contribution < -0.4 is 20.5 Å². The Kier molecular flexibility index (Phi) is 7.19. The van der Waals surface area contributed by atoms with Gasteiger partial charge >= 0.3 is 0 Å². The molecule has 0 aromatic heterocycles. The summed E-state index contributed by atoms with van der Waals surface area (Å²) in [5.74, 6) is 2.24. The van der Waals surface area contributed by atoms with Crippen LogP contribution in [0.2, 0.25) is 5.02 Å². The van der Waals surface area contributed by atoms with Gasteiger partial charge < -0.3 is 20.5 Å². The van der Waals surface area contributed by atoms with Gasteiger partial charge in [0.15, 0.2) is 5.96 Å². The van der Waals surface area contributed by atoms with Crippen LogP contribution in [0.1, 0.15) is 17.9 Å². The molecule has 0 fully saturated rings. The van der Waals surface area contributed by atoms with E-state index in [4.69, 9.17) is 26.8 Å². The Bertz CT molecular complexity index is 755. The molecular formula is C18H21ClIN3O2. The van der Waals surface area contributed by atoms with Crippen LogP contribution in [-0.2, 0) is 0 Å². The van der Waals surface area contributed by atoms with Crippen molar-refractivity contribution in [1.82, 2.24) is 0 Å². The van der Waals surface area contributed by atoms with Gasteiger partial charge in [-0.15, -0.1) is 24.0 Å². The third-order valence-corrected chi connectivity index (χ3v) is 4.28. The minimum Gasteiger partial charge on any atom is -0.495 e. The molecule has 0 spiro atoms. The third-order valence-electron chi connectivity index (χ3n) is 3.99. The van der Waals surface area contributed by atoms with Gasteiger partial charge in [-0.25, -0.2) is 0 Å². The summed E-state index contributed by atoms with van der Waals surface area (Å²) in [4.78, 5) is 4.47. The van der Waals surface area contributed by atoms with Crippen LogP contribution in [0.3, 0.4) is 0 Å². The van der Waals surface area contributed by atoms with Crippen molar-refractivity contribution in [3.8, 4) is 11.5 Å². The number of rotatable bonds is 4. The van der Waals surface area contributed by atoms with Gasteiger partial charge in [-0.3, -0.25) is 4.99 Å². The zero-order valence-electron chi connectivity index (χ0n) is 13.9. The number of nitrogens with zero attached hydrogens (tertiary/aromatic N) is 1. The van der Waals surface area contributed by atoms with Crippen molar-refractivity contribution < 1.29 is 9.47 Å². The van der Waals surface area contributed by atoms with Crippen LogP contribution >= 0.6 is 35.6 Å². The number of methoxy groups -OCH3 is 1. The highest BCUT2D eigenvalue weighted by molar-refractivity contribution is 14.0. The van der Waals surface area contributed by atoms with Crippen molar-refractivity contribution >= 4 is 47.2 Å². The van der Waals surface area contributed by atoms with Crippen LogP contribution in [-0.4, -0.2) is 26.2 Å². The standard InChI is InChI=1S/C18H20ClN3O2.HI/c1-23-17-7-6-13(10-15(17)19)22-18(20)21-11-12-8-9-24-16-5-3-2-4-14(12)16;/h2-7,10,12H,8-9,11H2,1H3,(H3,20,21,22);1H. The molecule has 0 saturated carbocycles. The summed E-state index contributed by atoms with van der Waals surface area (Å²) in [6, 6.07) is 13.5. The molecule has 1 heterocycles. The van der Waals surface area contributed by atoms with Crippen LogP contribution in [0.4, 0.5) is 5.69 Å². The molecule has 25 heavy (non-hydrogen) atoms. The predicted molar refractivity (Wildman–Crippen MR) is 113 cm³/mol. The molecule has 1 aliphatic heterocycles. The topological polar surface area (TPSA) is 68.9 Å². The van der Waals surface area contributed by atoms with Crippen molar-refractivity contribution in [2.24, 2.45) is 10.7 Å². The van der Waals surface area contributed by atoms with Crippen molar-refractivity contribution in [3.63, 3.8) is 0 Å². The van der Waals surface area contributed by atoms with Gasteiger partial charge in [0.25, 0.3) is 0 Å². The fourth-order valence-corrected chi connectivity index (χ4v) is 3.00. The lowest BCUT2D eigenvalue weighted by atomic mass is 9.93. The fraction of sp³-hybridized carbons (Fsp3) is 0.278. The van der Waals surface area contributed by atoms with Gasteiger partial charge in [0.2, 0.25) is 0 Å². The molecule has 0 amide bonds. The van der Waals surface area contributed by atoms with Gasteiger partial charge in [-0.1, -0.05) is 29.8 Å². The molecule has 1 atom stereocenters. The monoisotopic (exact) mass is 473 g/mol. The second-order valence-corrected chi connectivity index (χ2v) is 5.98. The first-order valence-electron chi connectivity index (χ1n) is 7.79. The highest BCUT2D eigenvalue weighted by atomic mass is 127. The number of nitrogens with one attached hydrogen (secondary N) is 1. The number of hydrogen-bond acceptors (Lipinski definition) is 3. The maximum Gasteiger partial charge on any atom is 0.193 e. The van der Waals surface area contributed by atoms with E-state index in [0.29, 0.717) is 35.8 Å². The molecule has 0 saturated heterocycles. The lowest BCUT2D eigenvalue weighted by Gasteiger charge is -2.24. The van der Waals surface area contributed by atoms with Gasteiger partial charge in [0.05, 0.1) is 18.7 Å². The van der Waals surface area contributed by atoms with E-state index in [-0.39, 0.29) is 24.0 Å². The zero-order chi connectivity index (χ0) is 16.9. The largest absolute Gasteiger partial charge is 0.495 e. The maximum absolute atomic E-state index is 6.11. The molecule has 0 radical (unpaired) electrons. The first kappa shape index (κ1) is 19.7. The maximum atomic E-state index is 6.11. The molecular weight excluding hydrogens is 453 g/mol. The minimum absolute atomic E-state index is 0. The normalized spacial score (nSPS) is 16.2. The SMILES string of the molecule is COc1ccc(NC(N)=NCC2CCOc3ccccc32)cc1Cl.I. The van der Waals surface area contributed by atoms with E-state index in [1.807, 2.05) is 24.3 Å². The molecule has 134 valence electrons. The quantitative estimate of drug-likeness (QED) is 0.395. The Labute approximate surface area is 169 Å². The van der Waals surface area contributed by atoms with E-state index in [0.717, 1.165) is 17.9 Å². The molecule has 3 N–H and O–H groups in total. The molecule has 0 bridgehead atoms. The molecule has 7 heteroatoms. The Morgan fingerprint density at radius 2 is 2.16 bits per heavy atom. The number of halogens is 2. The van der Waals surface area contributed by atoms with Crippen LogP contribution in [0.5, 0.6) is 11.5 Å². The van der Waals surface area contributed by atoms with Crippen molar-refractivity contribution in [1.29, 1.82) is 0 Å². The average Bonchev–Trinajstić information content (AvgIpc) is 2.60. The van der Waals surface area contributed by atoms with E-state index in [1.54, 1.807) is 19.2 Å². The van der Waals surface area contributed by atoms with E-state index < -0.39 is 0 Å². The van der Waals surface area contributed by atoms with E-state index in [2.05, 4.69) is 16.4 Å². The Balaban J connectivity index is 0.00000225. The van der Waals surface area contributed by atoms with Crippen LogP contribution in [0.25, 0.3) is 0 Å². The number of aliphatic imine (C=N–C) groups is 1. The highest BCUT2D eigenvalue weighted by Crippen LogP contribution is 2.33. The summed E-state index contributed by atoms with van der Waals surface area (Å²) in [6.07, 6.45) is 0.933. The lowest BCUT2D eigenvalue weighted by molar-refractivity contribution is 0.269. The summed E-state index contributed by atoms with van der Waals surface area (Å²) in [7, 11) is 1.58. The number of hydrogen-bond donors (Lipinski definition) is 2. The molecule has 1 aliphatic rings. The fourth-order valence-electron chi connectivity index (χ4n) is 2.75. The first-order chi connectivity index (χ1) is 11.7. The Hall–Kier alpha value is -1.67. The molecule has 5 nitrogen and oxygen atoms in total.